The summed E-state index contributed by atoms with van der Waals surface area (Å²) in [6.07, 6.45) is 8.11. The second-order valence-corrected chi connectivity index (χ2v) is 6.61. The molecule has 3 heteroatoms. The molecule has 1 unspecified atom stereocenters. The van der Waals surface area contributed by atoms with E-state index in [0.29, 0.717) is 12.1 Å². The van der Waals surface area contributed by atoms with Gasteiger partial charge in [0.1, 0.15) is 5.75 Å². The van der Waals surface area contributed by atoms with Crippen molar-refractivity contribution in [3.63, 3.8) is 0 Å². The van der Waals surface area contributed by atoms with Gasteiger partial charge in [-0.25, -0.2) is 0 Å². The van der Waals surface area contributed by atoms with Crippen LogP contribution in [-0.2, 0) is 0 Å². The van der Waals surface area contributed by atoms with Gasteiger partial charge in [-0.1, -0.05) is 41.8 Å². The zero-order chi connectivity index (χ0) is 14.4. The van der Waals surface area contributed by atoms with Crippen LogP contribution in [0.5, 0.6) is 5.75 Å². The predicted octanol–water partition coefficient (Wildman–Crippen LogP) is 5.22. The van der Waals surface area contributed by atoms with Gasteiger partial charge in [-0.2, -0.15) is 0 Å². The van der Waals surface area contributed by atoms with Crippen LogP contribution in [0.4, 0.5) is 0 Å². The minimum absolute atomic E-state index is 0.328. The number of hydrogen-bond acceptors (Lipinski definition) is 2. The number of hydrogen-bond donors (Lipinski definition) is 1. The van der Waals surface area contributed by atoms with Gasteiger partial charge in [0.15, 0.2) is 0 Å². The summed E-state index contributed by atoms with van der Waals surface area (Å²) in [7, 11) is 0. The Bertz CT molecular complexity index is 413. The van der Waals surface area contributed by atoms with Crippen molar-refractivity contribution in [3.8, 4) is 5.75 Å². The van der Waals surface area contributed by atoms with Gasteiger partial charge in [0.2, 0.25) is 0 Å². The Morgan fingerprint density at radius 2 is 1.95 bits per heavy atom. The molecule has 1 fully saturated rings. The number of halogens is 1. The van der Waals surface area contributed by atoms with Crippen LogP contribution < -0.4 is 10.1 Å². The molecule has 0 aliphatic heterocycles. The van der Waals surface area contributed by atoms with Gasteiger partial charge in [-0.15, -0.1) is 0 Å². The molecule has 0 radical (unpaired) electrons. The minimum Gasteiger partial charge on any atom is -0.490 e. The Morgan fingerprint density at radius 3 is 2.60 bits per heavy atom. The van der Waals surface area contributed by atoms with Gasteiger partial charge < -0.3 is 10.1 Å². The first-order valence-electron chi connectivity index (χ1n) is 7.90. The Kier molecular flexibility index (Phi) is 6.37. The quantitative estimate of drug-likeness (QED) is 0.742. The lowest BCUT2D eigenvalue weighted by Gasteiger charge is -2.22. The lowest BCUT2D eigenvalue weighted by Crippen LogP contribution is -2.21. The standard InChI is InChI=1S/C17H26BrNO/c1-3-19-13(2)16-11-10-14(18)12-17(16)20-15-8-6-4-5-7-9-15/h10-13,15,19H,3-9H2,1-2H3. The fraction of sp³-hybridized carbons (Fsp3) is 0.647. The maximum Gasteiger partial charge on any atom is 0.125 e. The van der Waals surface area contributed by atoms with Crippen LogP contribution in [0.1, 0.15) is 64.0 Å². The second kappa shape index (κ2) is 8.04. The van der Waals surface area contributed by atoms with Crippen molar-refractivity contribution in [1.29, 1.82) is 0 Å². The fourth-order valence-electron chi connectivity index (χ4n) is 2.92. The number of benzene rings is 1. The highest BCUT2D eigenvalue weighted by Crippen LogP contribution is 2.31. The predicted molar refractivity (Wildman–Crippen MR) is 88.4 cm³/mol. The molecule has 1 atom stereocenters. The third kappa shape index (κ3) is 4.49. The summed E-state index contributed by atoms with van der Waals surface area (Å²) in [6.45, 7) is 5.31. The van der Waals surface area contributed by atoms with E-state index < -0.39 is 0 Å². The molecule has 0 bridgehead atoms. The number of nitrogens with one attached hydrogen (secondary N) is 1. The molecular formula is C17H26BrNO. The number of ether oxygens (including phenoxy) is 1. The van der Waals surface area contributed by atoms with Crippen LogP contribution in [0.3, 0.4) is 0 Å². The van der Waals surface area contributed by atoms with Crippen LogP contribution in [0.2, 0.25) is 0 Å². The zero-order valence-electron chi connectivity index (χ0n) is 12.6. The van der Waals surface area contributed by atoms with Crippen molar-refractivity contribution >= 4 is 15.9 Å². The van der Waals surface area contributed by atoms with E-state index in [1.165, 1.54) is 44.1 Å². The smallest absolute Gasteiger partial charge is 0.125 e. The van der Waals surface area contributed by atoms with Crippen molar-refractivity contribution in [3.05, 3.63) is 28.2 Å². The lowest BCUT2D eigenvalue weighted by atomic mass is 10.1. The molecule has 0 aromatic heterocycles. The first-order valence-corrected chi connectivity index (χ1v) is 8.69. The summed E-state index contributed by atoms with van der Waals surface area (Å²) in [6, 6.07) is 6.72. The Balaban J connectivity index is 2.13. The van der Waals surface area contributed by atoms with Crippen LogP contribution in [0.15, 0.2) is 22.7 Å². The maximum atomic E-state index is 6.34. The third-order valence-electron chi connectivity index (χ3n) is 4.05. The van der Waals surface area contributed by atoms with E-state index in [-0.39, 0.29) is 0 Å². The molecule has 0 amide bonds. The molecule has 0 saturated heterocycles. The van der Waals surface area contributed by atoms with E-state index in [1.807, 2.05) is 0 Å². The monoisotopic (exact) mass is 339 g/mol. The summed E-state index contributed by atoms with van der Waals surface area (Å²) in [5.41, 5.74) is 1.26. The summed E-state index contributed by atoms with van der Waals surface area (Å²) in [5.74, 6) is 1.04. The number of rotatable bonds is 5. The second-order valence-electron chi connectivity index (χ2n) is 5.69. The average Bonchev–Trinajstić information content (AvgIpc) is 2.68. The third-order valence-corrected chi connectivity index (χ3v) is 4.54. The lowest BCUT2D eigenvalue weighted by molar-refractivity contribution is 0.180. The molecule has 1 aromatic rings. The molecule has 2 rings (SSSR count). The van der Waals surface area contributed by atoms with E-state index in [2.05, 4.69) is 53.3 Å². The first kappa shape index (κ1) is 15.8. The molecule has 0 heterocycles. The molecule has 1 aromatic carbocycles. The van der Waals surface area contributed by atoms with Crippen LogP contribution in [-0.4, -0.2) is 12.6 Å². The summed E-state index contributed by atoms with van der Waals surface area (Å²) >= 11 is 3.56. The molecule has 20 heavy (non-hydrogen) atoms. The molecule has 1 saturated carbocycles. The summed E-state index contributed by atoms with van der Waals surface area (Å²) < 4.78 is 7.44. The van der Waals surface area contributed by atoms with Gasteiger partial charge in [0, 0.05) is 16.1 Å². The van der Waals surface area contributed by atoms with Crippen LogP contribution >= 0.6 is 15.9 Å². The summed E-state index contributed by atoms with van der Waals surface area (Å²) in [4.78, 5) is 0. The van der Waals surface area contributed by atoms with E-state index >= 15 is 0 Å². The van der Waals surface area contributed by atoms with Crippen molar-refractivity contribution in [2.24, 2.45) is 0 Å². The topological polar surface area (TPSA) is 21.3 Å². The highest BCUT2D eigenvalue weighted by molar-refractivity contribution is 9.10. The minimum atomic E-state index is 0.328. The molecular weight excluding hydrogens is 314 g/mol. The molecule has 1 aliphatic carbocycles. The van der Waals surface area contributed by atoms with Gasteiger partial charge in [0.25, 0.3) is 0 Å². The Hall–Kier alpha value is -0.540. The van der Waals surface area contributed by atoms with Gasteiger partial charge in [-0.3, -0.25) is 0 Å². The van der Waals surface area contributed by atoms with E-state index in [4.69, 9.17) is 4.74 Å². The van der Waals surface area contributed by atoms with Crippen molar-refractivity contribution in [2.45, 2.75) is 64.5 Å². The van der Waals surface area contributed by atoms with Crippen LogP contribution in [0, 0.1) is 0 Å². The van der Waals surface area contributed by atoms with Gasteiger partial charge in [-0.05, 0) is 51.3 Å². The van der Waals surface area contributed by atoms with Crippen molar-refractivity contribution in [2.75, 3.05) is 6.54 Å². The fourth-order valence-corrected chi connectivity index (χ4v) is 3.26. The average molecular weight is 340 g/mol. The zero-order valence-corrected chi connectivity index (χ0v) is 14.2. The first-order chi connectivity index (χ1) is 9.70. The molecule has 0 spiro atoms. The summed E-state index contributed by atoms with van der Waals surface area (Å²) in [5, 5.41) is 3.48. The van der Waals surface area contributed by atoms with Crippen molar-refractivity contribution < 1.29 is 4.74 Å². The Labute approximate surface area is 131 Å². The van der Waals surface area contributed by atoms with E-state index in [0.717, 1.165) is 16.8 Å². The van der Waals surface area contributed by atoms with E-state index in [9.17, 15) is 0 Å². The maximum absolute atomic E-state index is 6.34. The van der Waals surface area contributed by atoms with Gasteiger partial charge >= 0.3 is 0 Å². The highest BCUT2D eigenvalue weighted by atomic mass is 79.9. The van der Waals surface area contributed by atoms with Gasteiger partial charge in [0.05, 0.1) is 6.10 Å². The highest BCUT2D eigenvalue weighted by Gasteiger charge is 2.17. The molecule has 1 aliphatic rings. The SMILES string of the molecule is CCNC(C)c1ccc(Br)cc1OC1CCCCCC1. The molecule has 2 nitrogen and oxygen atoms in total. The molecule has 112 valence electrons. The van der Waals surface area contributed by atoms with Crippen molar-refractivity contribution in [1.82, 2.24) is 5.32 Å². The Morgan fingerprint density at radius 1 is 1.25 bits per heavy atom. The largest absolute Gasteiger partial charge is 0.490 e. The van der Waals surface area contributed by atoms with E-state index in [1.54, 1.807) is 0 Å². The van der Waals surface area contributed by atoms with Crippen LogP contribution in [0.25, 0.3) is 0 Å². The molecule has 1 N–H and O–H groups in total. The normalized spacial score (nSPS) is 18.6.